The van der Waals surface area contributed by atoms with Gasteiger partial charge in [0.25, 0.3) is 0 Å². The van der Waals surface area contributed by atoms with Crippen molar-refractivity contribution >= 4 is 21.8 Å². The molecule has 0 bridgehead atoms. The van der Waals surface area contributed by atoms with Crippen LogP contribution in [0.4, 0.5) is 0 Å². The molecule has 0 aliphatic carbocycles. The van der Waals surface area contributed by atoms with Crippen molar-refractivity contribution < 1.29 is 9.84 Å². The Balaban J connectivity index is 1.48. The lowest BCUT2D eigenvalue weighted by molar-refractivity contribution is 0.412. The van der Waals surface area contributed by atoms with Gasteiger partial charge in [-0.2, -0.15) is 15.1 Å². The van der Waals surface area contributed by atoms with E-state index in [1.807, 2.05) is 48.0 Å². The Kier molecular flexibility index (Phi) is 4.05. The molecule has 0 saturated heterocycles. The quantitative estimate of drug-likeness (QED) is 0.500. The number of pyridine rings is 1. The summed E-state index contributed by atoms with van der Waals surface area (Å²) < 4.78 is 7.79. The lowest BCUT2D eigenvalue weighted by Crippen LogP contribution is -2.03. The van der Waals surface area contributed by atoms with Crippen LogP contribution in [0.3, 0.4) is 0 Å². The largest absolute Gasteiger partial charge is 0.493 e. The number of hydrogen-bond acceptors (Lipinski definition) is 6. The van der Waals surface area contributed by atoms with E-state index < -0.39 is 0 Å². The SMILES string of the molecule is Cc1c2cc(Oc3nc(O)c4ccncc4n3)ccc2nn1Cc1ccccc1. The number of aromatic hydroxyl groups is 1. The molecule has 3 aromatic heterocycles. The molecule has 0 saturated carbocycles. The third-order valence-corrected chi connectivity index (χ3v) is 4.82. The zero-order valence-corrected chi connectivity index (χ0v) is 15.6. The summed E-state index contributed by atoms with van der Waals surface area (Å²) in [5.41, 5.74) is 3.63. The molecule has 0 unspecified atom stereocenters. The van der Waals surface area contributed by atoms with Crippen molar-refractivity contribution in [2.45, 2.75) is 13.5 Å². The zero-order chi connectivity index (χ0) is 19.8. The van der Waals surface area contributed by atoms with E-state index in [1.165, 1.54) is 5.56 Å². The molecule has 0 aliphatic rings. The van der Waals surface area contributed by atoms with Gasteiger partial charge in [-0.15, -0.1) is 0 Å². The Morgan fingerprint density at radius 2 is 1.83 bits per heavy atom. The van der Waals surface area contributed by atoms with Gasteiger partial charge in [-0.3, -0.25) is 9.67 Å². The molecule has 29 heavy (non-hydrogen) atoms. The van der Waals surface area contributed by atoms with Crippen LogP contribution < -0.4 is 4.74 Å². The molecule has 0 aliphatic heterocycles. The van der Waals surface area contributed by atoms with E-state index in [4.69, 9.17) is 9.84 Å². The summed E-state index contributed by atoms with van der Waals surface area (Å²) in [7, 11) is 0. The standard InChI is InChI=1S/C22H17N5O2/c1-14-18-11-16(29-22-24-20-12-23-10-9-17(20)21(28)25-22)7-8-19(18)26-27(14)13-15-5-3-2-4-6-15/h2-12H,13H2,1H3,(H,24,25,28). The second kappa shape index (κ2) is 6.87. The van der Waals surface area contributed by atoms with E-state index >= 15 is 0 Å². The second-order valence-corrected chi connectivity index (χ2v) is 6.73. The van der Waals surface area contributed by atoms with Gasteiger partial charge < -0.3 is 9.84 Å². The summed E-state index contributed by atoms with van der Waals surface area (Å²) in [5.74, 6) is 0.433. The van der Waals surface area contributed by atoms with Crippen molar-refractivity contribution in [1.82, 2.24) is 24.7 Å². The van der Waals surface area contributed by atoms with Gasteiger partial charge in [0.1, 0.15) is 5.75 Å². The van der Waals surface area contributed by atoms with E-state index in [0.717, 1.165) is 16.6 Å². The minimum atomic E-state index is -0.139. The highest BCUT2D eigenvalue weighted by Crippen LogP contribution is 2.29. The number of hydrogen-bond donors (Lipinski definition) is 1. The molecule has 5 rings (SSSR count). The van der Waals surface area contributed by atoms with Gasteiger partial charge >= 0.3 is 6.01 Å². The van der Waals surface area contributed by atoms with Gasteiger partial charge in [0.05, 0.1) is 29.2 Å². The molecule has 0 amide bonds. The Morgan fingerprint density at radius 1 is 0.966 bits per heavy atom. The molecule has 0 spiro atoms. The van der Waals surface area contributed by atoms with Crippen molar-refractivity contribution in [3.8, 4) is 17.6 Å². The third kappa shape index (κ3) is 3.23. The highest BCUT2D eigenvalue weighted by atomic mass is 16.5. The summed E-state index contributed by atoms with van der Waals surface area (Å²) in [4.78, 5) is 12.4. The predicted molar refractivity (Wildman–Crippen MR) is 109 cm³/mol. The highest BCUT2D eigenvalue weighted by Gasteiger charge is 2.12. The molecular formula is C22H17N5O2. The van der Waals surface area contributed by atoms with Crippen molar-refractivity contribution in [2.75, 3.05) is 0 Å². The first-order valence-electron chi connectivity index (χ1n) is 9.17. The van der Waals surface area contributed by atoms with E-state index in [0.29, 0.717) is 23.2 Å². The van der Waals surface area contributed by atoms with Gasteiger partial charge in [0.2, 0.25) is 5.88 Å². The summed E-state index contributed by atoms with van der Waals surface area (Å²) in [6.07, 6.45) is 3.14. The van der Waals surface area contributed by atoms with Crippen LogP contribution in [0.25, 0.3) is 21.8 Å². The summed E-state index contributed by atoms with van der Waals surface area (Å²) in [6.45, 7) is 2.73. The number of nitrogens with zero attached hydrogens (tertiary/aromatic N) is 5. The average molecular weight is 383 g/mol. The molecular weight excluding hydrogens is 366 g/mol. The Hall–Kier alpha value is -4.00. The van der Waals surface area contributed by atoms with Crippen LogP contribution in [-0.4, -0.2) is 29.8 Å². The molecule has 0 atom stereocenters. The monoisotopic (exact) mass is 383 g/mol. The van der Waals surface area contributed by atoms with E-state index in [1.54, 1.807) is 18.5 Å². The predicted octanol–water partition coefficient (Wildman–Crippen LogP) is 4.23. The summed E-state index contributed by atoms with van der Waals surface area (Å²) in [6, 6.07) is 17.6. The van der Waals surface area contributed by atoms with Crippen LogP contribution in [0.5, 0.6) is 17.6 Å². The smallest absolute Gasteiger partial charge is 0.325 e. The second-order valence-electron chi connectivity index (χ2n) is 6.73. The van der Waals surface area contributed by atoms with Gasteiger partial charge in [-0.1, -0.05) is 30.3 Å². The number of ether oxygens (including phenoxy) is 1. The van der Waals surface area contributed by atoms with E-state index in [2.05, 4.69) is 27.1 Å². The lowest BCUT2D eigenvalue weighted by atomic mass is 10.2. The molecule has 3 heterocycles. The lowest BCUT2D eigenvalue weighted by Gasteiger charge is -2.06. The highest BCUT2D eigenvalue weighted by molar-refractivity contribution is 5.83. The molecule has 7 heteroatoms. The number of aromatic nitrogens is 5. The molecule has 2 aromatic carbocycles. The maximum absolute atomic E-state index is 10.1. The fourth-order valence-corrected chi connectivity index (χ4v) is 3.30. The van der Waals surface area contributed by atoms with Gasteiger partial charge in [-0.05, 0) is 36.8 Å². The minimum absolute atomic E-state index is 0.0664. The maximum atomic E-state index is 10.1. The van der Waals surface area contributed by atoms with E-state index in [9.17, 15) is 5.11 Å². The first-order chi connectivity index (χ1) is 14.2. The zero-order valence-electron chi connectivity index (χ0n) is 15.6. The Labute approximate surface area is 166 Å². The number of rotatable bonds is 4. The van der Waals surface area contributed by atoms with Gasteiger partial charge in [0, 0.05) is 17.3 Å². The normalized spacial score (nSPS) is 11.2. The topological polar surface area (TPSA) is 85.9 Å². The van der Waals surface area contributed by atoms with Gasteiger partial charge in [-0.25, -0.2) is 0 Å². The molecule has 142 valence electrons. The van der Waals surface area contributed by atoms with Crippen LogP contribution >= 0.6 is 0 Å². The van der Waals surface area contributed by atoms with Crippen molar-refractivity contribution in [1.29, 1.82) is 0 Å². The fourth-order valence-electron chi connectivity index (χ4n) is 3.30. The Bertz CT molecular complexity index is 1330. The molecule has 0 fully saturated rings. The first kappa shape index (κ1) is 17.1. The molecule has 1 N–H and O–H groups in total. The molecule has 0 radical (unpaired) electrons. The van der Waals surface area contributed by atoms with Crippen LogP contribution in [0.1, 0.15) is 11.3 Å². The summed E-state index contributed by atoms with van der Waals surface area (Å²) in [5, 5.41) is 16.3. The molecule has 7 nitrogen and oxygen atoms in total. The van der Waals surface area contributed by atoms with Crippen molar-refractivity contribution in [2.24, 2.45) is 0 Å². The van der Waals surface area contributed by atoms with Crippen molar-refractivity contribution in [3.05, 3.63) is 78.2 Å². The molecule has 5 aromatic rings. The maximum Gasteiger partial charge on any atom is 0.325 e. The van der Waals surface area contributed by atoms with Gasteiger partial charge in [0.15, 0.2) is 0 Å². The summed E-state index contributed by atoms with van der Waals surface area (Å²) >= 11 is 0. The van der Waals surface area contributed by atoms with E-state index in [-0.39, 0.29) is 11.9 Å². The number of benzene rings is 2. The van der Waals surface area contributed by atoms with Crippen LogP contribution in [-0.2, 0) is 6.54 Å². The average Bonchev–Trinajstić information content (AvgIpc) is 3.04. The van der Waals surface area contributed by atoms with Crippen LogP contribution in [0, 0.1) is 6.92 Å². The minimum Gasteiger partial charge on any atom is -0.493 e. The Morgan fingerprint density at radius 3 is 2.69 bits per heavy atom. The van der Waals surface area contributed by atoms with Crippen molar-refractivity contribution in [3.63, 3.8) is 0 Å². The van der Waals surface area contributed by atoms with Crippen LogP contribution in [0.15, 0.2) is 67.0 Å². The number of aryl methyl sites for hydroxylation is 1. The fraction of sp³-hybridized carbons (Fsp3) is 0.0909. The first-order valence-corrected chi connectivity index (χ1v) is 9.17. The third-order valence-electron chi connectivity index (χ3n) is 4.82. The number of fused-ring (bicyclic) bond motifs is 2. The van der Waals surface area contributed by atoms with Crippen LogP contribution in [0.2, 0.25) is 0 Å².